The molecule has 0 spiro atoms. The number of carbonyl (C=O) groups excluding carboxylic acids is 1. The average molecular weight is 578 g/mol. The van der Waals surface area contributed by atoms with E-state index in [1.54, 1.807) is 6.20 Å². The van der Waals surface area contributed by atoms with E-state index in [1.165, 1.54) is 0 Å². The maximum Gasteiger partial charge on any atom is 0.322 e. The number of hydrogen-bond donors (Lipinski definition) is 1. The van der Waals surface area contributed by atoms with Gasteiger partial charge < -0.3 is 19.5 Å². The zero-order valence-electron chi connectivity index (χ0n) is 22.1. The molecule has 2 aromatic carbocycles. The second kappa shape index (κ2) is 10.4. The minimum absolute atomic E-state index is 0.0304. The van der Waals surface area contributed by atoms with Crippen LogP contribution in [-0.2, 0) is 11.3 Å². The largest absolute Gasteiger partial charge is 0.373 e. The zero-order valence-corrected chi connectivity index (χ0v) is 23.7. The fraction of sp³-hybridized carbons (Fsp3) is 0.387. The van der Waals surface area contributed by atoms with Crippen LogP contribution in [0.15, 0.2) is 59.3 Å². The maximum atomic E-state index is 13.5. The fourth-order valence-corrected chi connectivity index (χ4v) is 7.08. The van der Waals surface area contributed by atoms with Gasteiger partial charge in [-0.2, -0.15) is 0 Å². The van der Waals surface area contributed by atoms with E-state index in [1.807, 2.05) is 53.4 Å². The monoisotopic (exact) mass is 576 g/mol. The molecule has 4 heterocycles. The van der Waals surface area contributed by atoms with Crippen LogP contribution in [0.3, 0.4) is 0 Å². The molecule has 40 heavy (non-hydrogen) atoms. The Morgan fingerprint density at radius 3 is 2.67 bits per heavy atom. The Kier molecular flexibility index (Phi) is 6.69. The Morgan fingerprint density at radius 1 is 1.10 bits per heavy atom. The highest BCUT2D eigenvalue weighted by atomic mass is 35.5. The van der Waals surface area contributed by atoms with Crippen LogP contribution in [-0.4, -0.2) is 39.3 Å². The van der Waals surface area contributed by atoms with Gasteiger partial charge in [0.05, 0.1) is 40.2 Å². The lowest BCUT2D eigenvalue weighted by Gasteiger charge is -2.39. The topological polar surface area (TPSA) is 80.5 Å². The third-order valence-electron chi connectivity index (χ3n) is 8.60. The van der Waals surface area contributed by atoms with Crippen LogP contribution >= 0.6 is 23.2 Å². The second-order valence-electron chi connectivity index (χ2n) is 11.3. The molecule has 7 rings (SSSR count). The lowest BCUT2D eigenvalue weighted by Crippen LogP contribution is -2.51. The summed E-state index contributed by atoms with van der Waals surface area (Å²) >= 11 is 13.1. The predicted molar refractivity (Wildman–Crippen MR) is 156 cm³/mol. The van der Waals surface area contributed by atoms with Crippen LogP contribution < -0.4 is 5.32 Å². The van der Waals surface area contributed by atoms with Crippen molar-refractivity contribution in [3.63, 3.8) is 0 Å². The lowest BCUT2D eigenvalue weighted by atomic mass is 9.97. The van der Waals surface area contributed by atoms with Gasteiger partial charge in [0.25, 0.3) is 0 Å². The molecule has 1 saturated carbocycles. The molecule has 3 aliphatic rings. The van der Waals surface area contributed by atoms with Gasteiger partial charge in [-0.05, 0) is 62.3 Å². The van der Waals surface area contributed by atoms with E-state index in [2.05, 4.69) is 22.4 Å². The van der Waals surface area contributed by atoms with Crippen molar-refractivity contribution < 1.29 is 14.1 Å². The number of carbonyl (C=O) groups is 1. The summed E-state index contributed by atoms with van der Waals surface area (Å²) in [6.07, 6.45) is 6.46. The first-order valence-electron chi connectivity index (χ1n) is 13.9. The molecule has 3 fully saturated rings. The maximum absolute atomic E-state index is 13.5. The number of fused-ring (bicyclic) bond motifs is 3. The fourth-order valence-electron chi connectivity index (χ4n) is 6.50. The van der Waals surface area contributed by atoms with Crippen molar-refractivity contribution in [2.24, 2.45) is 5.92 Å². The molecule has 2 saturated heterocycles. The van der Waals surface area contributed by atoms with Gasteiger partial charge in [-0.25, -0.2) is 4.79 Å². The van der Waals surface area contributed by atoms with Crippen molar-refractivity contribution in [3.05, 3.63) is 76.1 Å². The first-order chi connectivity index (χ1) is 19.5. The Balaban J connectivity index is 1.06. The molecule has 206 valence electrons. The number of urea groups is 1. The number of amides is 2. The van der Waals surface area contributed by atoms with Crippen molar-refractivity contribution in [1.82, 2.24) is 15.0 Å². The number of pyridine rings is 1. The summed E-state index contributed by atoms with van der Waals surface area (Å²) in [6.45, 7) is 2.60. The number of para-hydroxylation sites is 1. The molecule has 0 radical (unpaired) electrons. The Hall–Kier alpha value is -3.13. The van der Waals surface area contributed by atoms with Gasteiger partial charge in [-0.3, -0.25) is 4.98 Å². The van der Waals surface area contributed by atoms with Crippen LogP contribution in [0.4, 0.5) is 10.5 Å². The highest BCUT2D eigenvalue weighted by Crippen LogP contribution is 2.47. The number of aromatic nitrogens is 2. The van der Waals surface area contributed by atoms with E-state index in [0.29, 0.717) is 45.4 Å². The summed E-state index contributed by atoms with van der Waals surface area (Å²) in [6, 6.07) is 15.5. The third-order valence-corrected chi connectivity index (χ3v) is 9.23. The van der Waals surface area contributed by atoms with Gasteiger partial charge in [0, 0.05) is 34.5 Å². The van der Waals surface area contributed by atoms with Crippen LogP contribution in [0.25, 0.3) is 22.2 Å². The number of benzene rings is 2. The Bertz CT molecular complexity index is 1570. The van der Waals surface area contributed by atoms with Gasteiger partial charge in [0.1, 0.15) is 11.5 Å². The lowest BCUT2D eigenvalue weighted by molar-refractivity contribution is -0.0181. The molecule has 9 heteroatoms. The predicted octanol–water partition coefficient (Wildman–Crippen LogP) is 8.06. The van der Waals surface area contributed by atoms with E-state index >= 15 is 0 Å². The van der Waals surface area contributed by atoms with Crippen LogP contribution in [0.2, 0.25) is 10.0 Å². The van der Waals surface area contributed by atoms with Gasteiger partial charge in [0.15, 0.2) is 0 Å². The molecular weight excluding hydrogens is 547 g/mol. The van der Waals surface area contributed by atoms with E-state index in [9.17, 15) is 4.79 Å². The summed E-state index contributed by atoms with van der Waals surface area (Å²) in [4.78, 5) is 20.0. The number of halogens is 2. The quantitative estimate of drug-likeness (QED) is 0.251. The number of ether oxygens (including phenoxy) is 1. The second-order valence-corrected chi connectivity index (χ2v) is 12.2. The number of nitrogens with zero attached hydrogens (tertiary/aromatic N) is 3. The Labute approximate surface area is 242 Å². The number of piperidine rings is 1. The number of nitrogens with one attached hydrogen (secondary N) is 1. The molecule has 2 aromatic heterocycles. The molecule has 2 amide bonds. The summed E-state index contributed by atoms with van der Waals surface area (Å²) < 4.78 is 12.4. The highest BCUT2D eigenvalue weighted by molar-refractivity contribution is 6.39. The first kappa shape index (κ1) is 25.8. The van der Waals surface area contributed by atoms with Crippen molar-refractivity contribution in [3.8, 4) is 11.3 Å². The minimum Gasteiger partial charge on any atom is -0.373 e. The average Bonchev–Trinajstić information content (AvgIpc) is 3.67. The zero-order chi connectivity index (χ0) is 27.4. The van der Waals surface area contributed by atoms with Crippen molar-refractivity contribution >= 4 is 45.8 Å². The Morgan fingerprint density at radius 2 is 1.90 bits per heavy atom. The molecule has 7 nitrogen and oxygen atoms in total. The molecule has 1 aliphatic carbocycles. The number of hydrogen-bond acceptors (Lipinski definition) is 5. The summed E-state index contributed by atoms with van der Waals surface area (Å²) in [7, 11) is 0. The normalized spacial score (nSPS) is 24.0. The van der Waals surface area contributed by atoms with Crippen LogP contribution in [0.5, 0.6) is 0 Å². The molecule has 4 atom stereocenters. The van der Waals surface area contributed by atoms with Crippen molar-refractivity contribution in [2.75, 3.05) is 5.32 Å². The van der Waals surface area contributed by atoms with Gasteiger partial charge in [0.2, 0.25) is 0 Å². The van der Waals surface area contributed by atoms with E-state index in [-0.39, 0.29) is 24.2 Å². The third kappa shape index (κ3) is 4.74. The molecule has 2 unspecified atom stereocenters. The van der Waals surface area contributed by atoms with Crippen LogP contribution in [0.1, 0.15) is 56.3 Å². The molecule has 2 aliphatic heterocycles. The van der Waals surface area contributed by atoms with Crippen molar-refractivity contribution in [2.45, 2.75) is 69.7 Å². The number of anilines is 1. The van der Waals surface area contributed by atoms with E-state index in [0.717, 1.165) is 54.3 Å². The van der Waals surface area contributed by atoms with Gasteiger partial charge >= 0.3 is 6.03 Å². The molecule has 4 aromatic rings. The highest BCUT2D eigenvalue weighted by Gasteiger charge is 2.47. The van der Waals surface area contributed by atoms with E-state index in [4.69, 9.17) is 32.5 Å². The summed E-state index contributed by atoms with van der Waals surface area (Å²) in [5.41, 5.74) is 3.89. The van der Waals surface area contributed by atoms with Gasteiger partial charge in [-0.15, -0.1) is 0 Å². The van der Waals surface area contributed by atoms with Crippen LogP contribution in [0, 0.1) is 5.92 Å². The SMILES string of the molecule is C[C@@H]1CC2C[C@H](OCc3c(-c4c(Cl)cccc4Cl)noc3C3CC3)CC1N2C(=O)Nc1cnc2ccccc2c1. The van der Waals surface area contributed by atoms with Crippen molar-refractivity contribution in [1.29, 1.82) is 0 Å². The first-order valence-corrected chi connectivity index (χ1v) is 14.7. The van der Waals surface area contributed by atoms with E-state index < -0.39 is 0 Å². The van der Waals surface area contributed by atoms with Gasteiger partial charge in [-0.1, -0.05) is 59.5 Å². The molecule has 1 N–H and O–H groups in total. The molecular formula is C31H30Cl2N4O3. The summed E-state index contributed by atoms with van der Waals surface area (Å²) in [5, 5.41) is 9.57. The summed E-state index contributed by atoms with van der Waals surface area (Å²) in [5.74, 6) is 1.64. The number of rotatable bonds is 6. The standard InChI is InChI=1S/C31H30Cl2N4O3/c1-17-11-21-13-22(14-27(17)37(21)31(38)35-20-12-19-5-2-3-8-26(19)34-15-20)39-16-23-29(36-40-30(23)18-9-10-18)28-24(32)6-4-7-25(28)33/h2-8,12,15,17-18,21-22,27H,9-11,13-14,16H2,1H3,(H,35,38)/t17-,21?,22+,27?/m1/s1. The molecule has 2 bridgehead atoms. The smallest absolute Gasteiger partial charge is 0.322 e. The minimum atomic E-state index is -0.0689.